The van der Waals surface area contributed by atoms with Crippen molar-refractivity contribution in [1.82, 2.24) is 15.2 Å². The largest absolute Gasteiger partial charge is 0.336 e. The second kappa shape index (κ2) is 5.96. The number of amides is 3. The summed E-state index contributed by atoms with van der Waals surface area (Å²) in [6.07, 6.45) is 0. The minimum absolute atomic E-state index is 0.174. The Hall–Kier alpha value is -2.08. The van der Waals surface area contributed by atoms with Crippen LogP contribution in [-0.4, -0.2) is 40.2 Å². The lowest BCUT2D eigenvalue weighted by Gasteiger charge is -2.17. The summed E-state index contributed by atoms with van der Waals surface area (Å²) in [6, 6.07) is 9.62. The standard InChI is InChI=1S/C16H17N3O2S/c1-10-9-14(18-13-6-4-3-5-12(10)13)22-11(2)15(20)19-8-7-17-16(19)21/h3-6,9,11H,7-8H2,1-2H3,(H,17,21)/t11-/m0/s1. The Labute approximate surface area is 133 Å². The van der Waals surface area contributed by atoms with Gasteiger partial charge in [0.15, 0.2) is 0 Å². The highest BCUT2D eigenvalue weighted by Gasteiger charge is 2.30. The number of hydrogen-bond donors (Lipinski definition) is 1. The lowest BCUT2D eigenvalue weighted by Crippen LogP contribution is -2.38. The molecule has 5 nitrogen and oxygen atoms in total. The number of fused-ring (bicyclic) bond motifs is 1. The smallest absolute Gasteiger partial charge is 0.324 e. The van der Waals surface area contributed by atoms with Crippen molar-refractivity contribution in [1.29, 1.82) is 0 Å². The van der Waals surface area contributed by atoms with Crippen LogP contribution in [0.15, 0.2) is 35.4 Å². The van der Waals surface area contributed by atoms with Crippen molar-refractivity contribution in [2.45, 2.75) is 24.1 Å². The van der Waals surface area contributed by atoms with E-state index in [-0.39, 0.29) is 17.2 Å². The lowest BCUT2D eigenvalue weighted by molar-refractivity contribution is -0.126. The maximum atomic E-state index is 12.3. The zero-order chi connectivity index (χ0) is 15.7. The molecule has 0 radical (unpaired) electrons. The Morgan fingerprint density at radius 2 is 2.18 bits per heavy atom. The summed E-state index contributed by atoms with van der Waals surface area (Å²) in [4.78, 5) is 29.8. The third-order valence-electron chi connectivity index (χ3n) is 3.67. The van der Waals surface area contributed by atoms with E-state index in [1.54, 1.807) is 0 Å². The number of nitrogens with zero attached hydrogens (tertiary/aromatic N) is 2. The van der Waals surface area contributed by atoms with Gasteiger partial charge in [0.1, 0.15) is 0 Å². The van der Waals surface area contributed by atoms with E-state index in [2.05, 4.69) is 10.3 Å². The first-order chi connectivity index (χ1) is 10.6. The highest BCUT2D eigenvalue weighted by atomic mass is 32.2. The molecule has 22 heavy (non-hydrogen) atoms. The SMILES string of the molecule is Cc1cc(S[C@@H](C)C(=O)N2CCNC2=O)nc2ccccc12. The average Bonchev–Trinajstić information content (AvgIpc) is 2.92. The van der Waals surface area contributed by atoms with E-state index in [1.165, 1.54) is 16.7 Å². The van der Waals surface area contributed by atoms with Crippen molar-refractivity contribution in [3.8, 4) is 0 Å². The van der Waals surface area contributed by atoms with E-state index < -0.39 is 0 Å². The van der Waals surface area contributed by atoms with Crippen LogP contribution in [0.2, 0.25) is 0 Å². The van der Waals surface area contributed by atoms with Crippen molar-refractivity contribution >= 4 is 34.6 Å². The molecule has 1 aliphatic rings. The molecule has 1 aliphatic heterocycles. The van der Waals surface area contributed by atoms with Gasteiger partial charge in [-0.2, -0.15) is 0 Å². The van der Waals surface area contributed by atoms with Crippen LogP contribution in [0.5, 0.6) is 0 Å². The molecule has 114 valence electrons. The molecule has 1 N–H and O–H groups in total. The number of rotatable bonds is 3. The monoisotopic (exact) mass is 315 g/mol. The van der Waals surface area contributed by atoms with Gasteiger partial charge in [0.05, 0.1) is 15.8 Å². The second-order valence-corrected chi connectivity index (χ2v) is 6.64. The Morgan fingerprint density at radius 3 is 2.91 bits per heavy atom. The van der Waals surface area contributed by atoms with Crippen LogP contribution in [0.3, 0.4) is 0 Å². The fraction of sp³-hybridized carbons (Fsp3) is 0.312. The van der Waals surface area contributed by atoms with Crippen LogP contribution >= 0.6 is 11.8 Å². The van der Waals surface area contributed by atoms with Crippen LogP contribution in [-0.2, 0) is 4.79 Å². The Bertz CT molecular complexity index is 747. The summed E-state index contributed by atoms with van der Waals surface area (Å²) < 4.78 is 0. The Morgan fingerprint density at radius 1 is 1.41 bits per heavy atom. The highest BCUT2D eigenvalue weighted by molar-refractivity contribution is 8.00. The van der Waals surface area contributed by atoms with Gasteiger partial charge in [-0.15, -0.1) is 0 Å². The number of carbonyl (C=O) groups is 2. The summed E-state index contributed by atoms with van der Waals surface area (Å²) in [7, 11) is 0. The third-order valence-corrected chi connectivity index (χ3v) is 4.67. The third kappa shape index (κ3) is 2.78. The minimum atomic E-state index is -0.350. The fourth-order valence-electron chi connectivity index (χ4n) is 2.51. The molecule has 0 aliphatic carbocycles. The van der Waals surface area contributed by atoms with Gasteiger partial charge in [-0.1, -0.05) is 30.0 Å². The van der Waals surface area contributed by atoms with Crippen LogP contribution in [0, 0.1) is 6.92 Å². The molecule has 1 atom stereocenters. The first-order valence-corrected chi connectivity index (χ1v) is 8.06. The van der Waals surface area contributed by atoms with E-state index >= 15 is 0 Å². The van der Waals surface area contributed by atoms with Crippen LogP contribution in [0.25, 0.3) is 10.9 Å². The number of imide groups is 1. The number of benzene rings is 1. The molecule has 0 unspecified atom stereocenters. The number of nitrogens with one attached hydrogen (secondary N) is 1. The highest BCUT2D eigenvalue weighted by Crippen LogP contribution is 2.27. The number of thioether (sulfide) groups is 1. The van der Waals surface area contributed by atoms with Crippen LogP contribution in [0.4, 0.5) is 4.79 Å². The molecule has 2 aromatic rings. The zero-order valence-corrected chi connectivity index (χ0v) is 13.3. The zero-order valence-electron chi connectivity index (χ0n) is 12.5. The molecule has 3 amide bonds. The molecule has 1 fully saturated rings. The van der Waals surface area contributed by atoms with Gasteiger partial charge in [0.25, 0.3) is 0 Å². The van der Waals surface area contributed by atoms with Crippen molar-refractivity contribution < 1.29 is 9.59 Å². The lowest BCUT2D eigenvalue weighted by atomic mass is 10.1. The number of carbonyl (C=O) groups excluding carboxylic acids is 2. The number of pyridine rings is 1. The first-order valence-electron chi connectivity index (χ1n) is 7.18. The molecule has 1 aromatic carbocycles. The predicted octanol–water partition coefficient (Wildman–Crippen LogP) is 2.58. The molecule has 6 heteroatoms. The fourth-order valence-corrected chi connectivity index (χ4v) is 3.50. The van der Waals surface area contributed by atoms with E-state index in [1.807, 2.05) is 44.2 Å². The summed E-state index contributed by atoms with van der Waals surface area (Å²) in [6.45, 7) is 4.81. The molecular formula is C16H17N3O2S. The number of aromatic nitrogens is 1. The molecular weight excluding hydrogens is 298 g/mol. The normalized spacial score (nSPS) is 15.9. The number of hydrogen-bond acceptors (Lipinski definition) is 4. The van der Waals surface area contributed by atoms with Crippen molar-refractivity contribution in [3.63, 3.8) is 0 Å². The number of urea groups is 1. The van der Waals surface area contributed by atoms with E-state index in [9.17, 15) is 9.59 Å². The Kier molecular flexibility index (Phi) is 4.02. The van der Waals surface area contributed by atoms with Gasteiger partial charge in [0.2, 0.25) is 5.91 Å². The average molecular weight is 315 g/mol. The summed E-state index contributed by atoms with van der Waals surface area (Å²) >= 11 is 1.39. The van der Waals surface area contributed by atoms with Crippen molar-refractivity contribution in [2.75, 3.05) is 13.1 Å². The molecule has 1 aromatic heterocycles. The Balaban J connectivity index is 1.80. The van der Waals surface area contributed by atoms with Gasteiger partial charge in [-0.05, 0) is 31.5 Å². The van der Waals surface area contributed by atoms with Gasteiger partial charge in [-0.3, -0.25) is 9.69 Å². The van der Waals surface area contributed by atoms with E-state index in [4.69, 9.17) is 0 Å². The first kappa shape index (κ1) is 14.8. The predicted molar refractivity (Wildman–Crippen MR) is 86.9 cm³/mol. The molecule has 3 rings (SSSR count). The van der Waals surface area contributed by atoms with Crippen LogP contribution in [0.1, 0.15) is 12.5 Å². The molecule has 0 spiro atoms. The van der Waals surface area contributed by atoms with Gasteiger partial charge < -0.3 is 5.32 Å². The quantitative estimate of drug-likeness (QED) is 0.884. The van der Waals surface area contributed by atoms with E-state index in [0.717, 1.165) is 21.5 Å². The topological polar surface area (TPSA) is 62.3 Å². The van der Waals surface area contributed by atoms with Crippen molar-refractivity contribution in [2.24, 2.45) is 0 Å². The molecule has 2 heterocycles. The number of para-hydroxylation sites is 1. The van der Waals surface area contributed by atoms with Crippen molar-refractivity contribution in [3.05, 3.63) is 35.9 Å². The second-order valence-electron chi connectivity index (χ2n) is 5.28. The summed E-state index contributed by atoms with van der Waals surface area (Å²) in [5.41, 5.74) is 2.05. The number of aryl methyl sites for hydroxylation is 1. The molecule has 1 saturated heterocycles. The van der Waals surface area contributed by atoms with Gasteiger partial charge in [0, 0.05) is 18.5 Å². The molecule has 0 bridgehead atoms. The maximum Gasteiger partial charge on any atom is 0.324 e. The van der Waals surface area contributed by atoms with Gasteiger partial charge in [-0.25, -0.2) is 9.78 Å². The summed E-state index contributed by atoms with van der Waals surface area (Å²) in [5.74, 6) is -0.174. The minimum Gasteiger partial charge on any atom is -0.336 e. The van der Waals surface area contributed by atoms with E-state index in [0.29, 0.717) is 13.1 Å². The van der Waals surface area contributed by atoms with Crippen LogP contribution < -0.4 is 5.32 Å². The summed E-state index contributed by atoms with van der Waals surface area (Å²) in [5, 5.41) is 4.21. The molecule has 0 saturated carbocycles. The maximum absolute atomic E-state index is 12.3. The van der Waals surface area contributed by atoms with Gasteiger partial charge >= 0.3 is 6.03 Å².